The number of hydrogen-bond donors (Lipinski definition) is 0. The van der Waals surface area contributed by atoms with Crippen molar-refractivity contribution >= 4 is 21.9 Å². The molecule has 0 aromatic heterocycles. The number of carbonyl (C=O) groups excluding carboxylic acids is 1. The van der Waals surface area contributed by atoms with Crippen molar-refractivity contribution in [2.75, 3.05) is 6.61 Å². The summed E-state index contributed by atoms with van der Waals surface area (Å²) in [6, 6.07) is 4.88. The molecule has 1 saturated carbocycles. The highest BCUT2D eigenvalue weighted by atomic mass is 79.9. The largest absolute Gasteiger partial charge is 0.466 e. The number of ether oxygens (including phenoxy) is 1. The van der Waals surface area contributed by atoms with E-state index in [1.165, 1.54) is 6.07 Å². The van der Waals surface area contributed by atoms with Gasteiger partial charge in [0, 0.05) is 0 Å². The Morgan fingerprint density at radius 3 is 3.00 bits per heavy atom. The molecule has 0 aliphatic heterocycles. The Labute approximate surface area is 102 Å². The highest BCUT2D eigenvalue weighted by Gasteiger charge is 2.45. The Bertz CT molecular complexity index is 419. The van der Waals surface area contributed by atoms with E-state index in [4.69, 9.17) is 4.74 Å². The van der Waals surface area contributed by atoms with Gasteiger partial charge < -0.3 is 4.74 Å². The van der Waals surface area contributed by atoms with Gasteiger partial charge >= 0.3 is 5.97 Å². The third-order valence-corrected chi connectivity index (χ3v) is 3.36. The molecule has 0 N–H and O–H groups in total. The van der Waals surface area contributed by atoms with Gasteiger partial charge in [-0.1, -0.05) is 6.07 Å². The van der Waals surface area contributed by atoms with E-state index >= 15 is 0 Å². The fraction of sp³-hybridized carbons (Fsp3) is 0.417. The Hall–Kier alpha value is -0.900. The van der Waals surface area contributed by atoms with E-state index in [1.807, 2.05) is 0 Å². The average Bonchev–Trinajstić information content (AvgIpc) is 3.02. The predicted molar refractivity (Wildman–Crippen MR) is 61.6 cm³/mol. The fourth-order valence-corrected chi connectivity index (χ4v) is 2.21. The summed E-state index contributed by atoms with van der Waals surface area (Å²) in [6.45, 7) is 2.21. The van der Waals surface area contributed by atoms with Crippen LogP contribution in [0.25, 0.3) is 0 Å². The maximum absolute atomic E-state index is 13.0. The highest BCUT2D eigenvalue weighted by molar-refractivity contribution is 9.10. The summed E-state index contributed by atoms with van der Waals surface area (Å²) in [6.07, 6.45) is 0.802. The molecule has 0 amide bonds. The molecular formula is C12H12BrFO2. The van der Waals surface area contributed by atoms with E-state index in [9.17, 15) is 9.18 Å². The summed E-state index contributed by atoms with van der Waals surface area (Å²) in [5.74, 6) is -0.279. The third kappa shape index (κ3) is 2.26. The topological polar surface area (TPSA) is 26.3 Å². The first kappa shape index (κ1) is 11.6. The normalized spacial score (nSPS) is 22.9. The maximum atomic E-state index is 13.0. The Morgan fingerprint density at radius 1 is 1.62 bits per heavy atom. The molecule has 0 radical (unpaired) electrons. The molecule has 2 nitrogen and oxygen atoms in total. The summed E-state index contributed by atoms with van der Waals surface area (Å²) in [4.78, 5) is 11.4. The maximum Gasteiger partial charge on any atom is 0.309 e. The van der Waals surface area contributed by atoms with Gasteiger partial charge in [0.2, 0.25) is 0 Å². The Kier molecular flexibility index (Phi) is 3.28. The van der Waals surface area contributed by atoms with Crippen LogP contribution in [0.3, 0.4) is 0 Å². The van der Waals surface area contributed by atoms with Gasteiger partial charge in [-0.15, -0.1) is 0 Å². The summed E-state index contributed by atoms with van der Waals surface area (Å²) in [5.41, 5.74) is 0.992. The third-order valence-electron chi connectivity index (χ3n) is 2.75. The zero-order chi connectivity index (χ0) is 11.7. The number of benzene rings is 1. The van der Waals surface area contributed by atoms with Crippen molar-refractivity contribution in [3.05, 3.63) is 34.1 Å². The van der Waals surface area contributed by atoms with Gasteiger partial charge in [0.25, 0.3) is 0 Å². The second kappa shape index (κ2) is 4.53. The molecule has 0 saturated heterocycles. The molecule has 1 aliphatic rings. The molecule has 1 aromatic rings. The molecule has 2 atom stereocenters. The van der Waals surface area contributed by atoms with Gasteiger partial charge in [0.05, 0.1) is 17.0 Å². The van der Waals surface area contributed by atoms with E-state index in [-0.39, 0.29) is 23.6 Å². The number of halogens is 2. The summed E-state index contributed by atoms with van der Waals surface area (Å²) in [7, 11) is 0. The summed E-state index contributed by atoms with van der Waals surface area (Å²) in [5, 5.41) is 0. The van der Waals surface area contributed by atoms with Gasteiger partial charge in [-0.25, -0.2) is 4.39 Å². The summed E-state index contributed by atoms with van der Waals surface area (Å²) < 4.78 is 18.4. The van der Waals surface area contributed by atoms with Crippen molar-refractivity contribution in [1.29, 1.82) is 0 Å². The molecule has 1 aromatic carbocycles. The van der Waals surface area contributed by atoms with Crippen molar-refractivity contribution in [2.24, 2.45) is 5.92 Å². The van der Waals surface area contributed by atoms with E-state index in [2.05, 4.69) is 15.9 Å². The quantitative estimate of drug-likeness (QED) is 0.798. The molecule has 4 heteroatoms. The van der Waals surface area contributed by atoms with E-state index in [0.29, 0.717) is 11.1 Å². The van der Waals surface area contributed by atoms with Crippen LogP contribution in [0.5, 0.6) is 0 Å². The smallest absolute Gasteiger partial charge is 0.309 e. The van der Waals surface area contributed by atoms with Crippen LogP contribution in [0, 0.1) is 11.7 Å². The molecule has 2 unspecified atom stereocenters. The second-order valence-corrected chi connectivity index (χ2v) is 4.73. The van der Waals surface area contributed by atoms with Crippen molar-refractivity contribution in [2.45, 2.75) is 19.3 Å². The lowest BCUT2D eigenvalue weighted by Crippen LogP contribution is -2.07. The van der Waals surface area contributed by atoms with E-state index < -0.39 is 0 Å². The number of hydrogen-bond acceptors (Lipinski definition) is 2. The lowest BCUT2D eigenvalue weighted by molar-refractivity contribution is -0.144. The Balaban J connectivity index is 2.06. The predicted octanol–water partition coefficient (Wildman–Crippen LogP) is 3.25. The monoisotopic (exact) mass is 286 g/mol. The lowest BCUT2D eigenvalue weighted by Gasteiger charge is -2.02. The Morgan fingerprint density at radius 2 is 2.38 bits per heavy atom. The first-order valence-electron chi connectivity index (χ1n) is 5.25. The van der Waals surface area contributed by atoms with Crippen LogP contribution < -0.4 is 0 Å². The van der Waals surface area contributed by atoms with Crippen molar-refractivity contribution < 1.29 is 13.9 Å². The van der Waals surface area contributed by atoms with Gasteiger partial charge in [0.15, 0.2) is 0 Å². The first-order chi connectivity index (χ1) is 7.63. The van der Waals surface area contributed by atoms with Crippen molar-refractivity contribution in [1.82, 2.24) is 0 Å². The molecule has 86 valence electrons. The van der Waals surface area contributed by atoms with Crippen LogP contribution in [0.4, 0.5) is 4.39 Å². The van der Waals surface area contributed by atoms with Gasteiger partial charge in [0.1, 0.15) is 5.82 Å². The van der Waals surface area contributed by atoms with Crippen LogP contribution in [-0.2, 0) is 9.53 Å². The summed E-state index contributed by atoms with van der Waals surface area (Å²) >= 11 is 3.14. The highest BCUT2D eigenvalue weighted by Crippen LogP contribution is 2.48. The van der Waals surface area contributed by atoms with Crippen molar-refractivity contribution in [3.63, 3.8) is 0 Å². The van der Waals surface area contributed by atoms with Crippen LogP contribution in [0.2, 0.25) is 0 Å². The van der Waals surface area contributed by atoms with Crippen LogP contribution in [0.15, 0.2) is 22.7 Å². The molecule has 1 fully saturated rings. The number of carbonyl (C=O) groups is 1. The lowest BCUT2D eigenvalue weighted by atomic mass is 10.1. The molecule has 1 aliphatic carbocycles. The van der Waals surface area contributed by atoms with E-state index in [0.717, 1.165) is 12.0 Å². The minimum absolute atomic E-state index is 0.0442. The molecule has 0 heterocycles. The van der Waals surface area contributed by atoms with Crippen LogP contribution in [0.1, 0.15) is 24.8 Å². The van der Waals surface area contributed by atoms with Crippen LogP contribution in [-0.4, -0.2) is 12.6 Å². The SMILES string of the molecule is CCOC(=O)C1CC1c1ccc(F)c(Br)c1. The standard InChI is InChI=1S/C12H12BrFO2/c1-2-16-12(15)9-6-8(9)7-3-4-11(14)10(13)5-7/h3-5,8-9H,2,6H2,1H3. The molecule has 16 heavy (non-hydrogen) atoms. The second-order valence-electron chi connectivity index (χ2n) is 3.87. The molecular weight excluding hydrogens is 275 g/mol. The fourth-order valence-electron chi connectivity index (χ4n) is 1.82. The number of rotatable bonds is 3. The minimum atomic E-state index is -0.280. The number of esters is 1. The van der Waals surface area contributed by atoms with Crippen molar-refractivity contribution in [3.8, 4) is 0 Å². The van der Waals surface area contributed by atoms with E-state index in [1.54, 1.807) is 19.1 Å². The van der Waals surface area contributed by atoms with Crippen LogP contribution >= 0.6 is 15.9 Å². The molecule has 2 rings (SSSR count). The minimum Gasteiger partial charge on any atom is -0.466 e. The average molecular weight is 287 g/mol. The zero-order valence-corrected chi connectivity index (χ0v) is 10.5. The van der Waals surface area contributed by atoms with Gasteiger partial charge in [-0.2, -0.15) is 0 Å². The first-order valence-corrected chi connectivity index (χ1v) is 6.04. The molecule has 0 bridgehead atoms. The molecule has 0 spiro atoms. The zero-order valence-electron chi connectivity index (χ0n) is 8.87. The van der Waals surface area contributed by atoms with Gasteiger partial charge in [-0.05, 0) is 52.9 Å². The van der Waals surface area contributed by atoms with Gasteiger partial charge in [-0.3, -0.25) is 4.79 Å².